The fourth-order valence-electron chi connectivity index (χ4n) is 6.90. The Bertz CT molecular complexity index is 2610. The molecule has 8 rings (SSSR count). The Kier molecular flexibility index (Phi) is 16.2. The molecule has 0 aliphatic heterocycles. The number of hydrogen-bond acceptors (Lipinski definition) is 10. The third-order valence-electron chi connectivity index (χ3n) is 10.2. The summed E-state index contributed by atoms with van der Waals surface area (Å²) in [5.74, 6) is 3.58. The van der Waals surface area contributed by atoms with Gasteiger partial charge in [0.1, 0.15) is 97.9 Å². The SMILES string of the molecule is O=C(Cl)c1cc(OCc2cc(OCc3cc(OCc4ccccc4)cc(OCc4ccccc4)c3)cc(OCc3cc(OCc4ccccc4)cc(OCc4ccccc4)c3)c2)cc(C(=O)Cl)n1. The Morgan fingerprint density at radius 2 is 0.500 bits per heavy atom. The van der Waals surface area contributed by atoms with Gasteiger partial charge in [-0.15, -0.1) is 0 Å². The van der Waals surface area contributed by atoms with Gasteiger partial charge in [-0.2, -0.15) is 0 Å². The van der Waals surface area contributed by atoms with Crippen LogP contribution in [0.15, 0.2) is 188 Å². The molecule has 68 heavy (non-hydrogen) atoms. The number of hydrogen-bond donors (Lipinski definition) is 0. The van der Waals surface area contributed by atoms with Gasteiger partial charge < -0.3 is 33.2 Å². The first-order chi connectivity index (χ1) is 33.3. The summed E-state index contributed by atoms with van der Waals surface area (Å²) in [5.41, 5.74) is 5.98. The maximum atomic E-state index is 12.0. The van der Waals surface area contributed by atoms with Crippen molar-refractivity contribution in [1.82, 2.24) is 4.98 Å². The summed E-state index contributed by atoms with van der Waals surface area (Å²) in [7, 11) is 0. The van der Waals surface area contributed by atoms with Crippen LogP contribution < -0.4 is 33.2 Å². The van der Waals surface area contributed by atoms with Crippen molar-refractivity contribution in [3.8, 4) is 40.2 Å². The molecule has 0 fully saturated rings. The number of ether oxygens (including phenoxy) is 7. The zero-order chi connectivity index (χ0) is 46.9. The lowest BCUT2D eigenvalue weighted by atomic mass is 10.2. The first-order valence-electron chi connectivity index (χ1n) is 21.7. The number of rotatable bonds is 23. The second-order valence-corrected chi connectivity index (χ2v) is 16.2. The molecule has 12 heteroatoms. The number of nitrogens with zero attached hydrogens (tertiary/aromatic N) is 1. The van der Waals surface area contributed by atoms with E-state index in [1.807, 2.05) is 170 Å². The minimum Gasteiger partial charge on any atom is -0.489 e. The molecule has 0 bridgehead atoms. The topological polar surface area (TPSA) is 112 Å². The van der Waals surface area contributed by atoms with E-state index in [0.29, 0.717) is 66.5 Å². The van der Waals surface area contributed by atoms with Crippen molar-refractivity contribution in [3.63, 3.8) is 0 Å². The highest BCUT2D eigenvalue weighted by atomic mass is 35.5. The third kappa shape index (κ3) is 14.4. The predicted octanol–water partition coefficient (Wildman–Crippen LogP) is 12.9. The molecule has 1 aromatic heterocycles. The third-order valence-corrected chi connectivity index (χ3v) is 10.6. The van der Waals surface area contributed by atoms with Gasteiger partial charge in [-0.25, -0.2) is 4.98 Å². The molecule has 0 spiro atoms. The lowest BCUT2D eigenvalue weighted by molar-refractivity contribution is 0.107. The van der Waals surface area contributed by atoms with Gasteiger partial charge in [0.05, 0.1) is 0 Å². The van der Waals surface area contributed by atoms with Crippen LogP contribution in [0.1, 0.15) is 59.9 Å². The molecular formula is C56H45Cl2NO9. The molecule has 0 saturated carbocycles. The molecule has 0 N–H and O–H groups in total. The smallest absolute Gasteiger partial charge is 0.270 e. The number of aromatic nitrogens is 1. The van der Waals surface area contributed by atoms with E-state index in [2.05, 4.69) is 4.98 Å². The van der Waals surface area contributed by atoms with Gasteiger partial charge in [0.15, 0.2) is 0 Å². The number of benzene rings is 7. The summed E-state index contributed by atoms with van der Waals surface area (Å²) in [6.45, 7) is 1.73. The van der Waals surface area contributed by atoms with Crippen LogP contribution in [0.3, 0.4) is 0 Å². The summed E-state index contributed by atoms with van der Waals surface area (Å²) in [5, 5.41) is -1.74. The largest absolute Gasteiger partial charge is 0.489 e. The van der Waals surface area contributed by atoms with E-state index in [-0.39, 0.29) is 37.0 Å². The lowest BCUT2D eigenvalue weighted by Gasteiger charge is -2.16. The lowest BCUT2D eigenvalue weighted by Crippen LogP contribution is -2.05. The van der Waals surface area contributed by atoms with Crippen molar-refractivity contribution in [3.05, 3.63) is 238 Å². The Balaban J connectivity index is 1.05. The van der Waals surface area contributed by atoms with Gasteiger partial charge in [-0.05, 0) is 98.5 Å². The monoisotopic (exact) mass is 945 g/mol. The van der Waals surface area contributed by atoms with Crippen LogP contribution in [-0.4, -0.2) is 15.5 Å². The average molecular weight is 947 g/mol. The van der Waals surface area contributed by atoms with Crippen LogP contribution in [0.5, 0.6) is 40.2 Å². The predicted molar refractivity (Wildman–Crippen MR) is 260 cm³/mol. The number of carbonyl (C=O) groups is 2. The van der Waals surface area contributed by atoms with Gasteiger partial charge >= 0.3 is 0 Å². The zero-order valence-electron chi connectivity index (χ0n) is 36.7. The summed E-state index contributed by atoms with van der Waals surface area (Å²) >= 11 is 11.5. The molecule has 7 aromatic carbocycles. The van der Waals surface area contributed by atoms with Gasteiger partial charge in [0.25, 0.3) is 10.5 Å². The van der Waals surface area contributed by atoms with Gasteiger partial charge in [0, 0.05) is 30.3 Å². The number of carbonyl (C=O) groups excluding carboxylic acids is 2. The van der Waals surface area contributed by atoms with Crippen LogP contribution in [0.25, 0.3) is 0 Å². The minimum absolute atomic E-state index is 0.0238. The highest BCUT2D eigenvalue weighted by Gasteiger charge is 2.15. The van der Waals surface area contributed by atoms with E-state index >= 15 is 0 Å². The Hall–Kier alpha value is -7.79. The van der Waals surface area contributed by atoms with Crippen LogP contribution in [0.2, 0.25) is 0 Å². The molecule has 8 aromatic rings. The summed E-state index contributed by atoms with van der Waals surface area (Å²) < 4.78 is 44.0. The van der Waals surface area contributed by atoms with E-state index in [1.165, 1.54) is 12.1 Å². The minimum atomic E-state index is -0.869. The Labute approximate surface area is 404 Å². The van der Waals surface area contributed by atoms with Crippen molar-refractivity contribution in [1.29, 1.82) is 0 Å². The maximum Gasteiger partial charge on any atom is 0.270 e. The molecule has 0 aliphatic carbocycles. The maximum absolute atomic E-state index is 12.0. The van der Waals surface area contributed by atoms with E-state index in [0.717, 1.165) is 33.4 Å². The fraction of sp³-hybridized carbons (Fsp3) is 0.125. The summed E-state index contributed by atoms with van der Waals surface area (Å²) in [4.78, 5) is 28.0. The Morgan fingerprint density at radius 1 is 0.294 bits per heavy atom. The average Bonchev–Trinajstić information content (AvgIpc) is 3.37. The standard InChI is InChI=1S/C56H45Cl2NO9/c57-55(60)53-30-52(31-54(59-53)56(58)61)68-38-45-25-50(66-36-43-21-46(62-32-39-13-5-1-6-14-39)27-47(22-43)63-33-40-15-7-2-8-16-40)29-51(26-45)67-37-44-23-48(64-34-41-17-9-3-10-18-41)28-49(24-44)65-35-42-19-11-4-12-20-42/h1-31H,32-38H2. The van der Waals surface area contributed by atoms with Gasteiger partial charge in [-0.3, -0.25) is 9.59 Å². The normalized spacial score (nSPS) is 10.7. The van der Waals surface area contributed by atoms with Crippen LogP contribution >= 0.6 is 23.2 Å². The van der Waals surface area contributed by atoms with Crippen LogP contribution in [0.4, 0.5) is 0 Å². The van der Waals surface area contributed by atoms with E-state index in [1.54, 1.807) is 6.07 Å². The quantitative estimate of drug-likeness (QED) is 0.0575. The van der Waals surface area contributed by atoms with Crippen molar-refractivity contribution in [2.45, 2.75) is 46.2 Å². The van der Waals surface area contributed by atoms with Gasteiger partial charge in [0.2, 0.25) is 0 Å². The molecule has 10 nitrogen and oxygen atoms in total. The van der Waals surface area contributed by atoms with Crippen molar-refractivity contribution in [2.75, 3.05) is 0 Å². The van der Waals surface area contributed by atoms with Crippen molar-refractivity contribution >= 4 is 33.7 Å². The summed E-state index contributed by atoms with van der Waals surface area (Å²) in [6, 6.07) is 59.2. The van der Waals surface area contributed by atoms with Crippen molar-refractivity contribution in [2.24, 2.45) is 0 Å². The molecule has 1 heterocycles. The molecule has 0 radical (unpaired) electrons. The fourth-order valence-corrected chi connectivity index (χ4v) is 7.09. The molecule has 342 valence electrons. The van der Waals surface area contributed by atoms with E-state index < -0.39 is 10.5 Å². The van der Waals surface area contributed by atoms with E-state index in [9.17, 15) is 9.59 Å². The zero-order valence-corrected chi connectivity index (χ0v) is 38.2. The summed E-state index contributed by atoms with van der Waals surface area (Å²) in [6.07, 6.45) is 0. The first-order valence-corrected chi connectivity index (χ1v) is 22.4. The molecular weight excluding hydrogens is 902 g/mol. The highest BCUT2D eigenvalue weighted by Crippen LogP contribution is 2.31. The van der Waals surface area contributed by atoms with Crippen LogP contribution in [0, 0.1) is 0 Å². The molecule has 0 unspecified atom stereocenters. The van der Waals surface area contributed by atoms with Gasteiger partial charge in [-0.1, -0.05) is 121 Å². The molecule has 0 amide bonds. The number of pyridine rings is 1. The second kappa shape index (κ2) is 23.6. The highest BCUT2D eigenvalue weighted by molar-refractivity contribution is 6.68. The molecule has 0 saturated heterocycles. The first kappa shape index (κ1) is 46.7. The van der Waals surface area contributed by atoms with Crippen molar-refractivity contribution < 1.29 is 42.7 Å². The molecule has 0 atom stereocenters. The molecule has 0 aliphatic rings. The Morgan fingerprint density at radius 3 is 0.721 bits per heavy atom. The van der Waals surface area contributed by atoms with Crippen LogP contribution in [-0.2, 0) is 46.2 Å². The number of halogens is 2. The second-order valence-electron chi connectivity index (χ2n) is 15.5. The van der Waals surface area contributed by atoms with E-state index in [4.69, 9.17) is 56.4 Å².